The summed E-state index contributed by atoms with van der Waals surface area (Å²) in [5.41, 5.74) is 4.32. The Kier molecular flexibility index (Phi) is 4.64. The highest BCUT2D eigenvalue weighted by Crippen LogP contribution is 2.31. The number of rotatable bonds is 3. The molecule has 3 heteroatoms. The minimum Gasteiger partial charge on any atom is -0.207 e. The highest BCUT2D eigenvalue weighted by atomic mass is 79.9. The Labute approximate surface area is 126 Å². The molecule has 1 atom stereocenters. The SMILES string of the molecule is Cc1cc(C(Cl)Cc2cccc(F)c2)c(C)cc1Br. The van der Waals surface area contributed by atoms with Crippen LogP contribution < -0.4 is 0 Å². The Bertz CT molecular complexity index is 595. The number of hydrogen-bond acceptors (Lipinski definition) is 0. The minimum atomic E-state index is -0.218. The van der Waals surface area contributed by atoms with Gasteiger partial charge in [0.1, 0.15) is 5.82 Å². The van der Waals surface area contributed by atoms with Crippen LogP contribution in [0.1, 0.15) is 27.6 Å². The Morgan fingerprint density at radius 3 is 2.58 bits per heavy atom. The molecule has 0 saturated heterocycles. The zero-order valence-electron chi connectivity index (χ0n) is 10.9. The van der Waals surface area contributed by atoms with Gasteiger partial charge in [-0.15, -0.1) is 11.6 Å². The molecule has 0 aromatic heterocycles. The average Bonchev–Trinajstić information content (AvgIpc) is 2.33. The molecular weight excluding hydrogens is 327 g/mol. The third kappa shape index (κ3) is 3.58. The zero-order chi connectivity index (χ0) is 14.0. The summed E-state index contributed by atoms with van der Waals surface area (Å²) in [5.74, 6) is -0.218. The summed E-state index contributed by atoms with van der Waals surface area (Å²) in [7, 11) is 0. The Hall–Kier alpha value is -0.860. The van der Waals surface area contributed by atoms with E-state index < -0.39 is 0 Å². The molecule has 2 rings (SSSR count). The van der Waals surface area contributed by atoms with Crippen LogP contribution in [0.4, 0.5) is 4.39 Å². The number of benzene rings is 2. The first kappa shape index (κ1) is 14.5. The number of aryl methyl sites for hydroxylation is 2. The van der Waals surface area contributed by atoms with Crippen LogP contribution in [0.25, 0.3) is 0 Å². The van der Waals surface area contributed by atoms with Crippen molar-refractivity contribution in [3.8, 4) is 0 Å². The number of alkyl halides is 1. The summed E-state index contributed by atoms with van der Waals surface area (Å²) >= 11 is 10.00. The maximum Gasteiger partial charge on any atom is 0.123 e. The van der Waals surface area contributed by atoms with Crippen LogP contribution >= 0.6 is 27.5 Å². The molecule has 19 heavy (non-hydrogen) atoms. The van der Waals surface area contributed by atoms with Crippen molar-refractivity contribution >= 4 is 27.5 Å². The summed E-state index contributed by atoms with van der Waals surface area (Å²) in [4.78, 5) is 0. The highest BCUT2D eigenvalue weighted by Gasteiger charge is 2.13. The van der Waals surface area contributed by atoms with Gasteiger partial charge in [-0.2, -0.15) is 0 Å². The maximum absolute atomic E-state index is 13.2. The molecule has 0 fully saturated rings. The van der Waals surface area contributed by atoms with Crippen molar-refractivity contribution < 1.29 is 4.39 Å². The molecule has 100 valence electrons. The monoisotopic (exact) mass is 340 g/mol. The van der Waals surface area contributed by atoms with Crippen molar-refractivity contribution in [3.05, 3.63) is 68.9 Å². The van der Waals surface area contributed by atoms with Gasteiger partial charge in [-0.05, 0) is 60.7 Å². The molecule has 2 aromatic rings. The third-order valence-corrected chi connectivity index (χ3v) is 4.43. The molecule has 0 spiro atoms. The summed E-state index contributed by atoms with van der Waals surface area (Å²) in [6.07, 6.45) is 0.626. The van der Waals surface area contributed by atoms with E-state index in [0.717, 1.165) is 26.7 Å². The zero-order valence-corrected chi connectivity index (χ0v) is 13.2. The molecule has 0 saturated carbocycles. The first-order valence-electron chi connectivity index (χ1n) is 6.12. The summed E-state index contributed by atoms with van der Waals surface area (Å²) in [6.45, 7) is 4.08. The maximum atomic E-state index is 13.2. The molecule has 0 aliphatic heterocycles. The second-order valence-electron chi connectivity index (χ2n) is 4.76. The second kappa shape index (κ2) is 6.06. The largest absolute Gasteiger partial charge is 0.207 e. The highest BCUT2D eigenvalue weighted by molar-refractivity contribution is 9.10. The summed E-state index contributed by atoms with van der Waals surface area (Å²) < 4.78 is 14.3. The van der Waals surface area contributed by atoms with Crippen LogP contribution in [0.3, 0.4) is 0 Å². The number of hydrogen-bond donors (Lipinski definition) is 0. The van der Waals surface area contributed by atoms with Crippen LogP contribution in [0.15, 0.2) is 40.9 Å². The van der Waals surface area contributed by atoms with Gasteiger partial charge in [0.05, 0.1) is 5.38 Å². The molecule has 1 unspecified atom stereocenters. The van der Waals surface area contributed by atoms with Crippen molar-refractivity contribution in [2.45, 2.75) is 25.6 Å². The van der Waals surface area contributed by atoms with E-state index in [0.29, 0.717) is 6.42 Å². The quantitative estimate of drug-likeness (QED) is 0.626. The topological polar surface area (TPSA) is 0 Å². The first-order chi connectivity index (χ1) is 8.97. The fraction of sp³-hybridized carbons (Fsp3) is 0.250. The average molecular weight is 342 g/mol. The molecule has 0 aliphatic carbocycles. The van der Waals surface area contributed by atoms with Crippen molar-refractivity contribution in [3.63, 3.8) is 0 Å². The lowest BCUT2D eigenvalue weighted by atomic mass is 9.98. The molecule has 0 bridgehead atoms. The van der Waals surface area contributed by atoms with E-state index in [2.05, 4.69) is 28.1 Å². The molecule has 0 nitrogen and oxygen atoms in total. The minimum absolute atomic E-state index is 0.145. The second-order valence-corrected chi connectivity index (χ2v) is 6.14. The predicted molar refractivity (Wildman–Crippen MR) is 82.3 cm³/mol. The van der Waals surface area contributed by atoms with E-state index >= 15 is 0 Å². The summed E-state index contributed by atoms with van der Waals surface area (Å²) in [6, 6.07) is 10.8. The van der Waals surface area contributed by atoms with E-state index in [1.165, 1.54) is 12.1 Å². The standard InChI is InChI=1S/C16H15BrClF/c1-10-7-15(17)11(2)6-14(10)16(18)9-12-4-3-5-13(19)8-12/h3-8,16H,9H2,1-2H3. The number of halogens is 3. The van der Waals surface area contributed by atoms with Gasteiger partial charge in [-0.1, -0.05) is 34.1 Å². The fourth-order valence-corrected chi connectivity index (χ4v) is 2.99. The first-order valence-corrected chi connectivity index (χ1v) is 7.35. The predicted octanol–water partition coefficient (Wildman–Crippen LogP) is 5.73. The van der Waals surface area contributed by atoms with E-state index in [1.807, 2.05) is 19.9 Å². The van der Waals surface area contributed by atoms with E-state index in [9.17, 15) is 4.39 Å². The van der Waals surface area contributed by atoms with Crippen LogP contribution in [-0.2, 0) is 6.42 Å². The van der Waals surface area contributed by atoms with E-state index in [-0.39, 0.29) is 11.2 Å². The lowest BCUT2D eigenvalue weighted by Gasteiger charge is -2.15. The fourth-order valence-electron chi connectivity index (χ4n) is 2.12. The van der Waals surface area contributed by atoms with Gasteiger partial charge in [-0.3, -0.25) is 0 Å². The van der Waals surface area contributed by atoms with Crippen molar-refractivity contribution in [2.24, 2.45) is 0 Å². The van der Waals surface area contributed by atoms with Crippen molar-refractivity contribution in [1.29, 1.82) is 0 Å². The van der Waals surface area contributed by atoms with Crippen LogP contribution in [-0.4, -0.2) is 0 Å². The Morgan fingerprint density at radius 1 is 1.16 bits per heavy atom. The summed E-state index contributed by atoms with van der Waals surface area (Å²) in [5, 5.41) is -0.145. The Morgan fingerprint density at radius 2 is 1.89 bits per heavy atom. The van der Waals surface area contributed by atoms with Crippen molar-refractivity contribution in [1.82, 2.24) is 0 Å². The lowest BCUT2D eigenvalue weighted by molar-refractivity contribution is 0.625. The lowest BCUT2D eigenvalue weighted by Crippen LogP contribution is -2.00. The molecule has 0 amide bonds. The molecule has 0 aliphatic rings. The smallest absolute Gasteiger partial charge is 0.123 e. The molecule has 2 aromatic carbocycles. The van der Waals surface area contributed by atoms with Gasteiger partial charge in [0.25, 0.3) is 0 Å². The van der Waals surface area contributed by atoms with Gasteiger partial charge in [-0.25, -0.2) is 4.39 Å². The van der Waals surface area contributed by atoms with Crippen molar-refractivity contribution in [2.75, 3.05) is 0 Å². The van der Waals surface area contributed by atoms with Gasteiger partial charge < -0.3 is 0 Å². The van der Waals surface area contributed by atoms with Gasteiger partial charge in [0.2, 0.25) is 0 Å². The molecule has 0 N–H and O–H groups in total. The van der Waals surface area contributed by atoms with Gasteiger partial charge in [0, 0.05) is 4.47 Å². The normalized spacial score (nSPS) is 12.5. The van der Waals surface area contributed by atoms with Crippen LogP contribution in [0.2, 0.25) is 0 Å². The van der Waals surface area contributed by atoms with Crippen LogP contribution in [0.5, 0.6) is 0 Å². The molecule has 0 radical (unpaired) electrons. The third-order valence-electron chi connectivity index (χ3n) is 3.19. The van der Waals surface area contributed by atoms with E-state index in [4.69, 9.17) is 11.6 Å². The molecule has 0 heterocycles. The van der Waals surface area contributed by atoms with Crippen LogP contribution in [0, 0.1) is 19.7 Å². The Balaban J connectivity index is 2.25. The van der Waals surface area contributed by atoms with Gasteiger partial charge in [0.15, 0.2) is 0 Å². The van der Waals surface area contributed by atoms with Gasteiger partial charge >= 0.3 is 0 Å². The molecular formula is C16H15BrClF. The van der Waals surface area contributed by atoms with E-state index in [1.54, 1.807) is 6.07 Å².